The van der Waals surface area contributed by atoms with Crippen molar-refractivity contribution in [2.45, 2.75) is 19.4 Å². The first-order valence-electron chi connectivity index (χ1n) is 4.27. The van der Waals surface area contributed by atoms with Gasteiger partial charge in [-0.2, -0.15) is 17.7 Å². The highest BCUT2D eigenvalue weighted by Crippen LogP contribution is 2.15. The van der Waals surface area contributed by atoms with Crippen molar-refractivity contribution in [3.63, 3.8) is 0 Å². The monoisotopic (exact) mass is 216 g/mol. The van der Waals surface area contributed by atoms with E-state index in [4.69, 9.17) is 5.11 Å². The summed E-state index contributed by atoms with van der Waals surface area (Å²) in [6.45, 7) is 1.70. The van der Waals surface area contributed by atoms with Gasteiger partial charge in [0.1, 0.15) is 0 Å². The molecule has 78 valence electrons. The molecular formula is C8H12N2O3S. The minimum atomic E-state index is -1.03. The molecule has 1 aliphatic heterocycles. The quantitative estimate of drug-likeness (QED) is 0.663. The smallest absolute Gasteiger partial charge is 0.329 e. The number of nitrogens with zero attached hydrogens (tertiary/aromatic N) is 2. The van der Waals surface area contributed by atoms with E-state index in [0.29, 0.717) is 5.75 Å². The van der Waals surface area contributed by atoms with Crippen LogP contribution in [0.3, 0.4) is 0 Å². The molecule has 0 aliphatic carbocycles. The number of hydrogen-bond acceptors (Lipinski definition) is 4. The van der Waals surface area contributed by atoms with Gasteiger partial charge >= 0.3 is 5.97 Å². The van der Waals surface area contributed by atoms with Crippen molar-refractivity contribution < 1.29 is 14.7 Å². The van der Waals surface area contributed by atoms with E-state index in [9.17, 15) is 9.59 Å². The summed E-state index contributed by atoms with van der Waals surface area (Å²) in [5.74, 6) is -1.24. The number of hydrogen-bond donors (Lipinski definition) is 2. The standard InChI is InChI=1S/C8H12N2O3S/c1-5(4-14)7(11)10-6(8(12)13)2-3-9-10/h3,5-6,14H,2,4H2,1H3,(H,12,13). The average Bonchev–Trinajstić information content (AvgIpc) is 2.63. The SMILES string of the molecule is CC(CS)C(=O)N1N=CCC1C(=O)O. The first kappa shape index (κ1) is 11.0. The van der Waals surface area contributed by atoms with Crippen molar-refractivity contribution in [3.05, 3.63) is 0 Å². The number of carbonyl (C=O) groups is 2. The molecule has 0 aromatic carbocycles. The van der Waals surface area contributed by atoms with Gasteiger partial charge in [0, 0.05) is 24.3 Å². The topological polar surface area (TPSA) is 70.0 Å². The number of carboxylic acids is 1. The molecule has 1 rings (SSSR count). The van der Waals surface area contributed by atoms with Gasteiger partial charge < -0.3 is 5.11 Å². The van der Waals surface area contributed by atoms with Gasteiger partial charge in [-0.25, -0.2) is 9.80 Å². The molecule has 0 bridgehead atoms. The molecule has 0 aromatic rings. The van der Waals surface area contributed by atoms with Gasteiger partial charge in [0.25, 0.3) is 0 Å². The molecule has 5 nitrogen and oxygen atoms in total. The molecule has 1 N–H and O–H groups in total. The van der Waals surface area contributed by atoms with Crippen LogP contribution in [0.5, 0.6) is 0 Å². The second-order valence-electron chi connectivity index (χ2n) is 3.15. The van der Waals surface area contributed by atoms with Crippen LogP contribution in [0.1, 0.15) is 13.3 Å². The Bertz CT molecular complexity index is 280. The lowest BCUT2D eigenvalue weighted by Crippen LogP contribution is -2.41. The molecular weight excluding hydrogens is 204 g/mol. The predicted octanol–water partition coefficient (Wildman–Crippen LogP) is 0.224. The summed E-state index contributed by atoms with van der Waals surface area (Å²) < 4.78 is 0. The molecule has 2 unspecified atom stereocenters. The largest absolute Gasteiger partial charge is 0.480 e. The summed E-state index contributed by atoms with van der Waals surface area (Å²) >= 11 is 3.98. The summed E-state index contributed by atoms with van der Waals surface area (Å²) in [5.41, 5.74) is 0. The molecule has 0 radical (unpaired) electrons. The van der Waals surface area contributed by atoms with E-state index in [1.54, 1.807) is 6.92 Å². The minimum Gasteiger partial charge on any atom is -0.480 e. The Labute approximate surface area is 87.2 Å². The first-order valence-corrected chi connectivity index (χ1v) is 4.90. The van der Waals surface area contributed by atoms with Gasteiger partial charge in [0.05, 0.1) is 0 Å². The number of carboxylic acid groups (broad SMARTS) is 1. The molecule has 6 heteroatoms. The van der Waals surface area contributed by atoms with E-state index in [0.717, 1.165) is 5.01 Å². The van der Waals surface area contributed by atoms with Crippen LogP contribution in [0, 0.1) is 5.92 Å². The van der Waals surface area contributed by atoms with Gasteiger partial charge in [-0.15, -0.1) is 0 Å². The molecule has 1 amide bonds. The summed E-state index contributed by atoms with van der Waals surface area (Å²) in [6, 6.07) is -0.843. The van der Waals surface area contributed by atoms with E-state index in [1.807, 2.05) is 0 Å². The van der Waals surface area contributed by atoms with Crippen molar-refractivity contribution >= 4 is 30.7 Å². The fraction of sp³-hybridized carbons (Fsp3) is 0.625. The third-order valence-electron chi connectivity index (χ3n) is 2.04. The van der Waals surface area contributed by atoms with Crippen molar-refractivity contribution in [2.75, 3.05) is 5.75 Å². The Morgan fingerprint density at radius 3 is 2.93 bits per heavy atom. The van der Waals surface area contributed by atoms with Crippen LogP contribution in [-0.4, -0.2) is 40.0 Å². The number of carbonyl (C=O) groups excluding carboxylic acids is 1. The van der Waals surface area contributed by atoms with Crippen LogP contribution in [0.15, 0.2) is 5.10 Å². The van der Waals surface area contributed by atoms with E-state index in [2.05, 4.69) is 17.7 Å². The molecule has 0 saturated carbocycles. The van der Waals surface area contributed by atoms with E-state index in [1.165, 1.54) is 6.21 Å². The van der Waals surface area contributed by atoms with Crippen LogP contribution in [0.25, 0.3) is 0 Å². The van der Waals surface area contributed by atoms with Gasteiger partial charge in [0.15, 0.2) is 6.04 Å². The number of aliphatic carboxylic acids is 1. The number of rotatable bonds is 3. The van der Waals surface area contributed by atoms with Crippen molar-refractivity contribution in [1.82, 2.24) is 5.01 Å². The number of hydrazone groups is 1. The molecule has 0 fully saturated rings. The Morgan fingerprint density at radius 2 is 2.43 bits per heavy atom. The zero-order valence-electron chi connectivity index (χ0n) is 7.75. The molecule has 1 aliphatic rings. The lowest BCUT2D eigenvalue weighted by molar-refractivity contribution is -0.150. The third-order valence-corrected chi connectivity index (χ3v) is 2.58. The average molecular weight is 216 g/mol. The maximum absolute atomic E-state index is 11.6. The fourth-order valence-electron chi connectivity index (χ4n) is 1.14. The van der Waals surface area contributed by atoms with Crippen LogP contribution < -0.4 is 0 Å². The first-order chi connectivity index (χ1) is 6.57. The van der Waals surface area contributed by atoms with Crippen LogP contribution in [-0.2, 0) is 9.59 Å². The van der Waals surface area contributed by atoms with E-state index in [-0.39, 0.29) is 18.2 Å². The highest BCUT2D eigenvalue weighted by molar-refractivity contribution is 7.80. The van der Waals surface area contributed by atoms with Gasteiger partial charge in [-0.05, 0) is 0 Å². The summed E-state index contributed by atoms with van der Waals surface area (Å²) in [7, 11) is 0. The second kappa shape index (κ2) is 4.45. The zero-order chi connectivity index (χ0) is 10.7. The molecule has 2 atom stereocenters. The number of thiol groups is 1. The third kappa shape index (κ3) is 2.06. The minimum absolute atomic E-state index is 0.278. The van der Waals surface area contributed by atoms with Crippen molar-refractivity contribution in [3.8, 4) is 0 Å². The van der Waals surface area contributed by atoms with Gasteiger partial charge in [-0.1, -0.05) is 6.92 Å². The molecule has 14 heavy (non-hydrogen) atoms. The fourth-order valence-corrected chi connectivity index (χ4v) is 1.29. The maximum atomic E-state index is 11.6. The predicted molar refractivity (Wildman–Crippen MR) is 54.4 cm³/mol. The molecule has 0 aromatic heterocycles. The van der Waals surface area contributed by atoms with E-state index >= 15 is 0 Å². The lowest BCUT2D eigenvalue weighted by Gasteiger charge is -2.20. The summed E-state index contributed by atoms with van der Waals surface area (Å²) in [5, 5.41) is 13.6. The Balaban J connectivity index is 2.71. The molecule has 0 spiro atoms. The number of amides is 1. The molecule has 1 heterocycles. The summed E-state index contributed by atoms with van der Waals surface area (Å²) in [6.07, 6.45) is 1.72. The van der Waals surface area contributed by atoms with E-state index < -0.39 is 12.0 Å². The van der Waals surface area contributed by atoms with Gasteiger partial charge in [0.2, 0.25) is 5.91 Å². The second-order valence-corrected chi connectivity index (χ2v) is 3.52. The van der Waals surface area contributed by atoms with Crippen LogP contribution >= 0.6 is 12.6 Å². The normalized spacial score (nSPS) is 22.4. The molecule has 0 saturated heterocycles. The highest BCUT2D eigenvalue weighted by Gasteiger charge is 2.34. The van der Waals surface area contributed by atoms with Crippen LogP contribution in [0.2, 0.25) is 0 Å². The highest BCUT2D eigenvalue weighted by atomic mass is 32.1. The Morgan fingerprint density at radius 1 is 1.79 bits per heavy atom. The van der Waals surface area contributed by atoms with Crippen molar-refractivity contribution in [1.29, 1.82) is 0 Å². The maximum Gasteiger partial charge on any atom is 0.329 e. The Kier molecular flexibility index (Phi) is 3.51. The van der Waals surface area contributed by atoms with Gasteiger partial charge in [-0.3, -0.25) is 4.79 Å². The zero-order valence-corrected chi connectivity index (χ0v) is 8.65. The lowest BCUT2D eigenvalue weighted by atomic mass is 10.1. The van der Waals surface area contributed by atoms with Crippen LogP contribution in [0.4, 0.5) is 0 Å². The van der Waals surface area contributed by atoms with Crippen molar-refractivity contribution in [2.24, 2.45) is 11.0 Å². The summed E-state index contributed by atoms with van der Waals surface area (Å²) in [4.78, 5) is 22.3. The Hall–Kier alpha value is -1.04.